The Morgan fingerprint density at radius 2 is 2.06 bits per heavy atom. The summed E-state index contributed by atoms with van der Waals surface area (Å²) in [7, 11) is 0. The summed E-state index contributed by atoms with van der Waals surface area (Å²) in [5.41, 5.74) is 0.702. The molecule has 0 radical (unpaired) electrons. The van der Waals surface area contributed by atoms with Gasteiger partial charge < -0.3 is 5.32 Å². The number of anilines is 2. The van der Waals surface area contributed by atoms with Crippen molar-refractivity contribution in [3.05, 3.63) is 45.2 Å². The summed E-state index contributed by atoms with van der Waals surface area (Å²) in [5, 5.41) is 4.03. The van der Waals surface area contributed by atoms with Crippen LogP contribution in [-0.2, 0) is 0 Å². The Morgan fingerprint density at radius 3 is 2.81 bits per heavy atom. The predicted octanol–water partition coefficient (Wildman–Crippen LogP) is 4.29. The van der Waals surface area contributed by atoms with Gasteiger partial charge in [-0.25, -0.2) is 9.97 Å². The van der Waals surface area contributed by atoms with E-state index in [1.54, 1.807) is 12.3 Å². The Morgan fingerprint density at radius 1 is 1.25 bits per heavy atom. The minimum Gasteiger partial charge on any atom is -0.338 e. The quantitative estimate of drug-likeness (QED) is 0.897. The van der Waals surface area contributed by atoms with Gasteiger partial charge >= 0.3 is 0 Å². The Kier molecular flexibility index (Phi) is 3.63. The first kappa shape index (κ1) is 11.6. The lowest BCUT2D eigenvalue weighted by atomic mass is 10.3. The normalized spacial score (nSPS) is 10.2. The van der Waals surface area contributed by atoms with Crippen molar-refractivity contribution in [1.82, 2.24) is 9.97 Å². The van der Waals surface area contributed by atoms with Crippen molar-refractivity contribution in [3.63, 3.8) is 0 Å². The van der Waals surface area contributed by atoms with Gasteiger partial charge in [0.2, 0.25) is 0 Å². The highest BCUT2D eigenvalue weighted by Crippen LogP contribution is 2.32. The van der Waals surface area contributed by atoms with E-state index >= 15 is 0 Å². The highest BCUT2D eigenvalue weighted by atomic mass is 79.9. The maximum Gasteiger partial charge on any atom is 0.148 e. The number of nitrogens with zero attached hydrogens (tertiary/aromatic N) is 2. The third-order valence-electron chi connectivity index (χ3n) is 1.87. The summed E-state index contributed by atoms with van der Waals surface area (Å²) in [6.45, 7) is 0. The lowest BCUT2D eigenvalue weighted by Gasteiger charge is -2.09. The molecule has 2 aromatic rings. The van der Waals surface area contributed by atoms with Crippen molar-refractivity contribution in [1.29, 1.82) is 0 Å². The molecule has 0 fully saturated rings. The van der Waals surface area contributed by atoms with E-state index in [4.69, 9.17) is 23.2 Å². The molecule has 0 aliphatic heterocycles. The van der Waals surface area contributed by atoms with Crippen molar-refractivity contribution in [2.45, 2.75) is 0 Å². The van der Waals surface area contributed by atoms with Crippen LogP contribution in [0.5, 0.6) is 0 Å². The molecule has 0 aliphatic rings. The van der Waals surface area contributed by atoms with E-state index < -0.39 is 0 Å². The van der Waals surface area contributed by atoms with Crippen LogP contribution in [0.1, 0.15) is 0 Å². The molecule has 0 bridgehead atoms. The zero-order chi connectivity index (χ0) is 11.5. The molecular weight excluding hydrogens is 313 g/mol. The number of benzene rings is 1. The summed E-state index contributed by atoms with van der Waals surface area (Å²) in [4.78, 5) is 7.94. The topological polar surface area (TPSA) is 37.8 Å². The van der Waals surface area contributed by atoms with Crippen molar-refractivity contribution in [2.24, 2.45) is 0 Å². The smallest absolute Gasteiger partial charge is 0.148 e. The molecule has 0 aliphatic carbocycles. The van der Waals surface area contributed by atoms with E-state index in [1.807, 2.05) is 12.1 Å². The van der Waals surface area contributed by atoms with E-state index in [-0.39, 0.29) is 0 Å². The second-order valence-corrected chi connectivity index (χ2v) is 4.59. The molecule has 0 saturated heterocycles. The second-order valence-electron chi connectivity index (χ2n) is 2.95. The van der Waals surface area contributed by atoms with Gasteiger partial charge in [-0.15, -0.1) is 0 Å². The van der Waals surface area contributed by atoms with Crippen LogP contribution in [0.15, 0.2) is 35.2 Å². The van der Waals surface area contributed by atoms with Crippen LogP contribution in [0.2, 0.25) is 10.0 Å². The number of hydrogen-bond acceptors (Lipinski definition) is 3. The molecule has 16 heavy (non-hydrogen) atoms. The number of aromatic nitrogens is 2. The highest BCUT2D eigenvalue weighted by Gasteiger charge is 2.06. The second kappa shape index (κ2) is 4.99. The van der Waals surface area contributed by atoms with Gasteiger partial charge in [0.25, 0.3) is 0 Å². The van der Waals surface area contributed by atoms with E-state index in [0.717, 1.165) is 4.47 Å². The minimum absolute atomic E-state index is 0.467. The third kappa shape index (κ3) is 2.45. The molecule has 3 nitrogen and oxygen atoms in total. The molecular formula is C10H6BrCl2N3. The number of halogens is 3. The molecule has 1 heterocycles. The van der Waals surface area contributed by atoms with Crippen LogP contribution in [0.25, 0.3) is 0 Å². The van der Waals surface area contributed by atoms with Crippen molar-refractivity contribution >= 4 is 50.6 Å². The molecule has 0 unspecified atom stereocenters. The van der Waals surface area contributed by atoms with Gasteiger partial charge in [0.15, 0.2) is 0 Å². The van der Waals surface area contributed by atoms with Gasteiger partial charge in [-0.2, -0.15) is 0 Å². The summed E-state index contributed by atoms with van der Waals surface area (Å²) in [6, 6.07) is 5.36. The van der Waals surface area contributed by atoms with E-state index in [2.05, 4.69) is 31.2 Å². The van der Waals surface area contributed by atoms with Gasteiger partial charge in [-0.05, 0) is 28.1 Å². The zero-order valence-electron chi connectivity index (χ0n) is 7.92. The van der Waals surface area contributed by atoms with Gasteiger partial charge in [0.05, 0.1) is 20.2 Å². The zero-order valence-corrected chi connectivity index (χ0v) is 11.0. The average Bonchev–Trinajstić information content (AvgIpc) is 2.28. The lowest BCUT2D eigenvalue weighted by molar-refractivity contribution is 1.15. The first-order valence-electron chi connectivity index (χ1n) is 4.35. The molecule has 0 saturated carbocycles. The monoisotopic (exact) mass is 317 g/mol. The van der Waals surface area contributed by atoms with Gasteiger partial charge in [0, 0.05) is 6.20 Å². The maximum absolute atomic E-state index is 6.04. The molecule has 2 rings (SSSR count). The average molecular weight is 319 g/mol. The first-order chi connectivity index (χ1) is 7.68. The van der Waals surface area contributed by atoms with Crippen LogP contribution in [0.3, 0.4) is 0 Å². The van der Waals surface area contributed by atoms with Gasteiger partial charge in [-0.1, -0.05) is 29.3 Å². The molecule has 0 spiro atoms. The van der Waals surface area contributed by atoms with Crippen LogP contribution in [-0.4, -0.2) is 9.97 Å². The summed E-state index contributed by atoms with van der Waals surface area (Å²) in [5.74, 6) is 0.638. The van der Waals surface area contributed by atoms with Gasteiger partial charge in [0.1, 0.15) is 12.1 Å². The molecule has 6 heteroatoms. The number of rotatable bonds is 2. The third-order valence-corrected chi connectivity index (χ3v) is 3.27. The van der Waals surface area contributed by atoms with Crippen LogP contribution in [0, 0.1) is 0 Å². The summed E-state index contributed by atoms with van der Waals surface area (Å²) >= 11 is 15.3. The van der Waals surface area contributed by atoms with Crippen LogP contribution in [0.4, 0.5) is 11.5 Å². The fourth-order valence-corrected chi connectivity index (χ4v) is 1.80. The number of hydrogen-bond donors (Lipinski definition) is 1. The van der Waals surface area contributed by atoms with E-state index in [9.17, 15) is 0 Å². The van der Waals surface area contributed by atoms with Crippen LogP contribution >= 0.6 is 39.1 Å². The molecule has 0 amide bonds. The first-order valence-corrected chi connectivity index (χ1v) is 5.90. The standard InChI is InChI=1S/C10H6BrCl2N3/c11-6-4-14-5-15-10(6)16-8-3-1-2-7(12)9(8)13/h1-5H,(H,14,15,16). The highest BCUT2D eigenvalue weighted by molar-refractivity contribution is 9.10. The van der Waals surface area contributed by atoms with Crippen molar-refractivity contribution in [2.75, 3.05) is 5.32 Å². The molecule has 1 aromatic heterocycles. The summed E-state index contributed by atoms with van der Waals surface area (Å²) < 4.78 is 0.756. The molecule has 1 aromatic carbocycles. The van der Waals surface area contributed by atoms with Crippen LogP contribution < -0.4 is 5.32 Å². The number of nitrogens with one attached hydrogen (secondary N) is 1. The minimum atomic E-state index is 0.467. The Labute approximate surface area is 111 Å². The maximum atomic E-state index is 6.04. The van der Waals surface area contributed by atoms with Crippen molar-refractivity contribution < 1.29 is 0 Å². The Hall–Kier alpha value is -0.840. The van der Waals surface area contributed by atoms with E-state index in [0.29, 0.717) is 21.6 Å². The molecule has 0 atom stereocenters. The molecule has 1 N–H and O–H groups in total. The molecule has 82 valence electrons. The predicted molar refractivity (Wildman–Crippen MR) is 69.5 cm³/mol. The van der Waals surface area contributed by atoms with E-state index in [1.165, 1.54) is 6.33 Å². The lowest BCUT2D eigenvalue weighted by Crippen LogP contribution is -1.95. The fourth-order valence-electron chi connectivity index (χ4n) is 1.13. The largest absolute Gasteiger partial charge is 0.338 e. The Bertz CT molecular complexity index is 519. The SMILES string of the molecule is Clc1cccc(Nc2ncncc2Br)c1Cl. The Balaban J connectivity index is 2.35. The van der Waals surface area contributed by atoms with Gasteiger partial charge in [-0.3, -0.25) is 0 Å². The fraction of sp³-hybridized carbons (Fsp3) is 0. The van der Waals surface area contributed by atoms with Crippen molar-refractivity contribution in [3.8, 4) is 0 Å². The summed E-state index contributed by atoms with van der Waals surface area (Å²) in [6.07, 6.45) is 3.10.